The summed E-state index contributed by atoms with van der Waals surface area (Å²) in [5.74, 6) is 1.01. The lowest BCUT2D eigenvalue weighted by Crippen LogP contribution is -2.29. The minimum atomic E-state index is -0.687. The molecule has 1 fully saturated rings. The van der Waals surface area contributed by atoms with Gasteiger partial charge < -0.3 is 10.4 Å². The lowest BCUT2D eigenvalue weighted by Gasteiger charge is -2.19. The first-order valence-corrected chi connectivity index (χ1v) is 7.04. The minimum absolute atomic E-state index is 0.286. The van der Waals surface area contributed by atoms with Crippen molar-refractivity contribution in [2.75, 3.05) is 6.54 Å². The molecule has 3 heteroatoms. The van der Waals surface area contributed by atoms with Gasteiger partial charge in [-0.2, -0.15) is 0 Å². The van der Waals surface area contributed by atoms with Crippen LogP contribution in [0.3, 0.4) is 0 Å². The van der Waals surface area contributed by atoms with Gasteiger partial charge in [-0.1, -0.05) is 26.7 Å². The summed E-state index contributed by atoms with van der Waals surface area (Å²) < 4.78 is 0. The SMILES string of the molecule is CC(C)C1CCCC(NCCCC(=O)O)CC1. The van der Waals surface area contributed by atoms with E-state index in [2.05, 4.69) is 19.2 Å². The summed E-state index contributed by atoms with van der Waals surface area (Å²) in [5.41, 5.74) is 0. The van der Waals surface area contributed by atoms with Crippen LogP contribution >= 0.6 is 0 Å². The van der Waals surface area contributed by atoms with Gasteiger partial charge in [-0.15, -0.1) is 0 Å². The predicted molar refractivity (Wildman–Crippen MR) is 70.1 cm³/mol. The molecule has 0 saturated heterocycles. The van der Waals surface area contributed by atoms with Gasteiger partial charge in [0.05, 0.1) is 0 Å². The van der Waals surface area contributed by atoms with E-state index in [1.54, 1.807) is 0 Å². The highest BCUT2D eigenvalue weighted by Gasteiger charge is 2.20. The fourth-order valence-corrected chi connectivity index (χ4v) is 2.75. The number of aliphatic carboxylic acids is 1. The average Bonchev–Trinajstić information content (AvgIpc) is 2.49. The first-order valence-electron chi connectivity index (χ1n) is 7.04. The van der Waals surface area contributed by atoms with Crippen LogP contribution in [-0.2, 0) is 4.79 Å². The van der Waals surface area contributed by atoms with E-state index in [1.165, 1.54) is 32.1 Å². The van der Waals surface area contributed by atoms with Crippen LogP contribution in [0, 0.1) is 11.8 Å². The molecular weight excluding hydrogens is 214 g/mol. The van der Waals surface area contributed by atoms with Crippen LogP contribution in [0.2, 0.25) is 0 Å². The van der Waals surface area contributed by atoms with E-state index in [0.29, 0.717) is 6.04 Å². The molecule has 3 nitrogen and oxygen atoms in total. The standard InChI is InChI=1S/C14H27NO2/c1-11(2)12-5-3-6-13(9-8-12)15-10-4-7-14(16)17/h11-13,15H,3-10H2,1-2H3,(H,16,17). The van der Waals surface area contributed by atoms with E-state index >= 15 is 0 Å². The zero-order valence-electron chi connectivity index (χ0n) is 11.2. The summed E-state index contributed by atoms with van der Waals surface area (Å²) in [6.45, 7) is 5.50. The van der Waals surface area contributed by atoms with Crippen molar-refractivity contribution in [3.8, 4) is 0 Å². The van der Waals surface area contributed by atoms with Crippen LogP contribution in [0.15, 0.2) is 0 Å². The second-order valence-electron chi connectivity index (χ2n) is 5.66. The van der Waals surface area contributed by atoms with Crippen molar-refractivity contribution in [1.82, 2.24) is 5.32 Å². The quantitative estimate of drug-likeness (QED) is 0.555. The third-order valence-electron chi connectivity index (χ3n) is 3.96. The fraction of sp³-hybridized carbons (Fsp3) is 0.929. The summed E-state index contributed by atoms with van der Waals surface area (Å²) in [4.78, 5) is 10.4. The molecule has 0 aliphatic heterocycles. The van der Waals surface area contributed by atoms with E-state index in [4.69, 9.17) is 5.11 Å². The van der Waals surface area contributed by atoms with E-state index in [1.807, 2.05) is 0 Å². The van der Waals surface area contributed by atoms with Crippen LogP contribution in [0.4, 0.5) is 0 Å². The van der Waals surface area contributed by atoms with Crippen molar-refractivity contribution in [2.24, 2.45) is 11.8 Å². The summed E-state index contributed by atoms with van der Waals surface area (Å²) in [5, 5.41) is 12.1. The van der Waals surface area contributed by atoms with Gasteiger partial charge in [0.2, 0.25) is 0 Å². The molecule has 0 radical (unpaired) electrons. The van der Waals surface area contributed by atoms with E-state index < -0.39 is 5.97 Å². The normalized spacial score (nSPS) is 25.8. The number of carbonyl (C=O) groups is 1. The molecule has 0 bridgehead atoms. The summed E-state index contributed by atoms with van der Waals surface area (Å²) in [6.07, 6.45) is 7.57. The van der Waals surface area contributed by atoms with Gasteiger partial charge in [0.1, 0.15) is 0 Å². The van der Waals surface area contributed by atoms with Gasteiger partial charge in [-0.25, -0.2) is 0 Å². The number of rotatable bonds is 6. The van der Waals surface area contributed by atoms with Crippen molar-refractivity contribution in [1.29, 1.82) is 0 Å². The molecule has 1 aliphatic rings. The Balaban J connectivity index is 2.16. The first-order chi connectivity index (χ1) is 8.09. The number of carboxylic acid groups (broad SMARTS) is 1. The highest BCUT2D eigenvalue weighted by atomic mass is 16.4. The van der Waals surface area contributed by atoms with Crippen molar-refractivity contribution in [3.05, 3.63) is 0 Å². The van der Waals surface area contributed by atoms with Crippen LogP contribution in [0.25, 0.3) is 0 Å². The Labute approximate surface area is 105 Å². The zero-order chi connectivity index (χ0) is 12.7. The third kappa shape index (κ3) is 6.06. The smallest absolute Gasteiger partial charge is 0.303 e. The molecule has 2 unspecified atom stereocenters. The van der Waals surface area contributed by atoms with Crippen LogP contribution in [-0.4, -0.2) is 23.7 Å². The van der Waals surface area contributed by atoms with Crippen LogP contribution in [0.5, 0.6) is 0 Å². The van der Waals surface area contributed by atoms with Gasteiger partial charge in [-0.05, 0) is 44.1 Å². The van der Waals surface area contributed by atoms with Crippen molar-refractivity contribution in [2.45, 2.75) is 64.8 Å². The Morgan fingerprint density at radius 1 is 1.29 bits per heavy atom. The average molecular weight is 241 g/mol. The van der Waals surface area contributed by atoms with Crippen molar-refractivity contribution < 1.29 is 9.90 Å². The van der Waals surface area contributed by atoms with Crippen molar-refractivity contribution >= 4 is 5.97 Å². The third-order valence-corrected chi connectivity index (χ3v) is 3.96. The summed E-state index contributed by atoms with van der Waals surface area (Å²) in [7, 11) is 0. The summed E-state index contributed by atoms with van der Waals surface area (Å²) in [6, 6.07) is 0.618. The maximum absolute atomic E-state index is 10.4. The lowest BCUT2D eigenvalue weighted by atomic mass is 9.89. The lowest BCUT2D eigenvalue weighted by molar-refractivity contribution is -0.137. The molecule has 1 aliphatic carbocycles. The molecule has 1 saturated carbocycles. The molecular formula is C14H27NO2. The van der Waals surface area contributed by atoms with E-state index in [-0.39, 0.29) is 6.42 Å². The molecule has 1 rings (SSSR count). The Bertz CT molecular complexity index is 228. The van der Waals surface area contributed by atoms with Gasteiger partial charge in [0.25, 0.3) is 0 Å². The van der Waals surface area contributed by atoms with E-state index in [0.717, 1.165) is 24.8 Å². The highest BCUT2D eigenvalue weighted by molar-refractivity contribution is 5.66. The number of carboxylic acids is 1. The Hall–Kier alpha value is -0.570. The predicted octanol–water partition coefficient (Wildman–Crippen LogP) is 3.05. The second-order valence-corrected chi connectivity index (χ2v) is 5.66. The second kappa shape index (κ2) is 7.70. The van der Waals surface area contributed by atoms with Gasteiger partial charge in [0.15, 0.2) is 0 Å². The minimum Gasteiger partial charge on any atom is -0.481 e. The van der Waals surface area contributed by atoms with Gasteiger partial charge in [-0.3, -0.25) is 4.79 Å². The molecule has 2 N–H and O–H groups in total. The first kappa shape index (κ1) is 14.5. The van der Waals surface area contributed by atoms with Crippen LogP contribution in [0.1, 0.15) is 58.8 Å². The van der Waals surface area contributed by atoms with Gasteiger partial charge in [0, 0.05) is 12.5 Å². The molecule has 0 aromatic carbocycles. The number of hydrogen-bond acceptors (Lipinski definition) is 2. The Morgan fingerprint density at radius 3 is 2.71 bits per heavy atom. The largest absolute Gasteiger partial charge is 0.481 e. The fourth-order valence-electron chi connectivity index (χ4n) is 2.75. The Kier molecular flexibility index (Phi) is 6.56. The monoisotopic (exact) mass is 241 g/mol. The number of nitrogens with one attached hydrogen (secondary N) is 1. The van der Waals surface area contributed by atoms with Crippen LogP contribution < -0.4 is 5.32 Å². The van der Waals surface area contributed by atoms with Gasteiger partial charge >= 0.3 is 5.97 Å². The molecule has 0 aromatic heterocycles. The number of hydrogen-bond donors (Lipinski definition) is 2. The zero-order valence-corrected chi connectivity index (χ0v) is 11.2. The molecule has 0 amide bonds. The maximum Gasteiger partial charge on any atom is 0.303 e. The molecule has 0 heterocycles. The Morgan fingerprint density at radius 2 is 2.06 bits per heavy atom. The maximum atomic E-state index is 10.4. The highest BCUT2D eigenvalue weighted by Crippen LogP contribution is 2.28. The molecule has 100 valence electrons. The summed E-state index contributed by atoms with van der Waals surface area (Å²) >= 11 is 0. The molecule has 0 spiro atoms. The molecule has 17 heavy (non-hydrogen) atoms. The topological polar surface area (TPSA) is 49.3 Å². The van der Waals surface area contributed by atoms with Crippen molar-refractivity contribution in [3.63, 3.8) is 0 Å². The van der Waals surface area contributed by atoms with E-state index in [9.17, 15) is 4.79 Å². The molecule has 0 aromatic rings. The molecule has 2 atom stereocenters.